The Morgan fingerprint density at radius 1 is 1.24 bits per heavy atom. The Morgan fingerprint density at radius 3 is 2.71 bits per heavy atom. The Morgan fingerprint density at radius 2 is 2.00 bits per heavy atom. The van der Waals surface area contributed by atoms with E-state index in [1.165, 1.54) is 37.9 Å². The van der Waals surface area contributed by atoms with Gasteiger partial charge < -0.3 is 10.6 Å². The lowest BCUT2D eigenvalue weighted by Crippen LogP contribution is -2.26. The van der Waals surface area contributed by atoms with E-state index in [4.69, 9.17) is 5.73 Å². The van der Waals surface area contributed by atoms with Crippen LogP contribution in [0.3, 0.4) is 0 Å². The van der Waals surface area contributed by atoms with Crippen LogP contribution in [0, 0.1) is 0 Å². The summed E-state index contributed by atoms with van der Waals surface area (Å²) in [5.41, 5.74) is 12.1. The van der Waals surface area contributed by atoms with Gasteiger partial charge in [-0.05, 0) is 54.8 Å². The van der Waals surface area contributed by atoms with Gasteiger partial charge in [0.2, 0.25) is 0 Å². The third kappa shape index (κ3) is 1.75. The molecule has 92 valence electrons. The highest BCUT2D eigenvalue weighted by atomic mass is 15.2. The number of rotatable bonds is 3. The Balaban J connectivity index is 2.04. The van der Waals surface area contributed by atoms with Crippen molar-refractivity contribution >= 4 is 5.69 Å². The molecule has 1 aromatic carbocycles. The smallest absolute Gasteiger partial charge is 0.0432 e. The van der Waals surface area contributed by atoms with Crippen molar-refractivity contribution in [1.82, 2.24) is 0 Å². The van der Waals surface area contributed by atoms with Gasteiger partial charge in [0.25, 0.3) is 0 Å². The van der Waals surface area contributed by atoms with Crippen molar-refractivity contribution in [3.63, 3.8) is 0 Å². The van der Waals surface area contributed by atoms with Crippen molar-refractivity contribution in [1.29, 1.82) is 0 Å². The Hall–Kier alpha value is -1.02. The van der Waals surface area contributed by atoms with Crippen LogP contribution >= 0.6 is 0 Å². The molecular formula is C15H22N2. The zero-order valence-corrected chi connectivity index (χ0v) is 10.7. The van der Waals surface area contributed by atoms with Crippen molar-refractivity contribution in [3.05, 3.63) is 28.8 Å². The lowest BCUT2D eigenvalue weighted by Gasteiger charge is -2.28. The number of hydrogen-bond acceptors (Lipinski definition) is 2. The van der Waals surface area contributed by atoms with E-state index in [1.54, 1.807) is 16.8 Å². The molecule has 17 heavy (non-hydrogen) atoms. The maximum Gasteiger partial charge on any atom is 0.0432 e. The van der Waals surface area contributed by atoms with Crippen molar-refractivity contribution in [2.45, 2.75) is 38.5 Å². The quantitative estimate of drug-likeness (QED) is 0.864. The van der Waals surface area contributed by atoms with Crippen molar-refractivity contribution in [2.75, 3.05) is 24.5 Å². The molecule has 1 aromatic rings. The van der Waals surface area contributed by atoms with Gasteiger partial charge in [-0.25, -0.2) is 0 Å². The lowest BCUT2D eigenvalue weighted by atomic mass is 9.90. The third-order valence-electron chi connectivity index (χ3n) is 4.38. The SMILES string of the molecule is CCC(CN)c1cc2c3c(c1)CCN3CCC2. The van der Waals surface area contributed by atoms with Crippen LogP contribution in [0.4, 0.5) is 5.69 Å². The number of aryl methyl sites for hydroxylation is 1. The van der Waals surface area contributed by atoms with E-state index in [-0.39, 0.29) is 0 Å². The Kier molecular flexibility index (Phi) is 2.83. The molecule has 2 nitrogen and oxygen atoms in total. The molecule has 0 bridgehead atoms. The second kappa shape index (κ2) is 4.34. The lowest BCUT2D eigenvalue weighted by molar-refractivity contribution is 0.670. The second-order valence-corrected chi connectivity index (χ2v) is 5.37. The first-order valence-corrected chi connectivity index (χ1v) is 6.94. The summed E-state index contributed by atoms with van der Waals surface area (Å²) in [6, 6.07) is 4.85. The molecule has 1 unspecified atom stereocenters. The summed E-state index contributed by atoms with van der Waals surface area (Å²) in [7, 11) is 0. The minimum Gasteiger partial charge on any atom is -0.371 e. The number of hydrogen-bond donors (Lipinski definition) is 1. The fraction of sp³-hybridized carbons (Fsp3) is 0.600. The number of nitrogens with two attached hydrogens (primary N) is 1. The molecule has 0 fully saturated rings. The predicted octanol–water partition coefficient (Wildman–Crippen LogP) is 2.45. The van der Waals surface area contributed by atoms with Gasteiger partial charge in [-0.2, -0.15) is 0 Å². The number of anilines is 1. The van der Waals surface area contributed by atoms with Crippen LogP contribution in [0.5, 0.6) is 0 Å². The van der Waals surface area contributed by atoms with Crippen LogP contribution in [0.25, 0.3) is 0 Å². The number of nitrogens with zero attached hydrogens (tertiary/aromatic N) is 1. The van der Waals surface area contributed by atoms with Gasteiger partial charge in [0.15, 0.2) is 0 Å². The molecule has 0 saturated heterocycles. The van der Waals surface area contributed by atoms with E-state index in [0.29, 0.717) is 5.92 Å². The summed E-state index contributed by atoms with van der Waals surface area (Å²) in [6.07, 6.45) is 4.96. The van der Waals surface area contributed by atoms with Gasteiger partial charge in [-0.3, -0.25) is 0 Å². The molecule has 2 aliphatic rings. The van der Waals surface area contributed by atoms with Crippen LogP contribution in [0.15, 0.2) is 12.1 Å². The molecule has 1 atom stereocenters. The summed E-state index contributed by atoms with van der Waals surface area (Å²) < 4.78 is 0. The van der Waals surface area contributed by atoms with Gasteiger partial charge in [0, 0.05) is 18.8 Å². The molecule has 0 aliphatic carbocycles. The van der Waals surface area contributed by atoms with E-state index in [2.05, 4.69) is 24.0 Å². The molecule has 0 saturated carbocycles. The minimum absolute atomic E-state index is 0.549. The van der Waals surface area contributed by atoms with Gasteiger partial charge in [0.05, 0.1) is 0 Å². The molecular weight excluding hydrogens is 208 g/mol. The van der Waals surface area contributed by atoms with Crippen LogP contribution < -0.4 is 10.6 Å². The first-order valence-electron chi connectivity index (χ1n) is 6.94. The second-order valence-electron chi connectivity index (χ2n) is 5.37. The summed E-state index contributed by atoms with van der Waals surface area (Å²) in [5, 5.41) is 0. The molecule has 0 amide bonds. The molecule has 2 N–H and O–H groups in total. The van der Waals surface area contributed by atoms with E-state index in [1.807, 2.05) is 0 Å². The summed E-state index contributed by atoms with van der Waals surface area (Å²) in [6.45, 7) is 5.50. The number of benzene rings is 1. The third-order valence-corrected chi connectivity index (χ3v) is 4.38. The molecule has 3 rings (SSSR count). The highest BCUT2D eigenvalue weighted by molar-refractivity contribution is 5.66. The van der Waals surface area contributed by atoms with E-state index < -0.39 is 0 Å². The summed E-state index contributed by atoms with van der Waals surface area (Å²) in [5.74, 6) is 0.549. The largest absolute Gasteiger partial charge is 0.371 e. The Bertz CT molecular complexity index is 421. The van der Waals surface area contributed by atoms with Gasteiger partial charge in [-0.1, -0.05) is 19.1 Å². The maximum atomic E-state index is 5.88. The topological polar surface area (TPSA) is 29.3 Å². The average molecular weight is 230 g/mol. The fourth-order valence-electron chi connectivity index (χ4n) is 3.40. The van der Waals surface area contributed by atoms with E-state index in [0.717, 1.165) is 13.0 Å². The zero-order chi connectivity index (χ0) is 11.8. The monoisotopic (exact) mass is 230 g/mol. The molecule has 0 radical (unpaired) electrons. The van der Waals surface area contributed by atoms with Crippen molar-refractivity contribution in [3.8, 4) is 0 Å². The summed E-state index contributed by atoms with van der Waals surface area (Å²) >= 11 is 0. The van der Waals surface area contributed by atoms with Crippen molar-refractivity contribution < 1.29 is 0 Å². The van der Waals surface area contributed by atoms with E-state index >= 15 is 0 Å². The first-order chi connectivity index (χ1) is 8.33. The minimum atomic E-state index is 0.549. The van der Waals surface area contributed by atoms with Crippen LogP contribution in [0.2, 0.25) is 0 Å². The van der Waals surface area contributed by atoms with Gasteiger partial charge in [-0.15, -0.1) is 0 Å². The highest BCUT2D eigenvalue weighted by Crippen LogP contribution is 2.38. The average Bonchev–Trinajstić information content (AvgIpc) is 2.76. The summed E-state index contributed by atoms with van der Waals surface area (Å²) in [4.78, 5) is 2.57. The fourth-order valence-corrected chi connectivity index (χ4v) is 3.40. The molecule has 2 aliphatic heterocycles. The molecule has 0 spiro atoms. The molecule has 2 heterocycles. The zero-order valence-electron chi connectivity index (χ0n) is 10.7. The maximum absolute atomic E-state index is 5.88. The van der Waals surface area contributed by atoms with Crippen molar-refractivity contribution in [2.24, 2.45) is 5.73 Å². The molecule has 0 aromatic heterocycles. The van der Waals surface area contributed by atoms with Crippen LogP contribution in [0.1, 0.15) is 42.4 Å². The molecule has 2 heteroatoms. The van der Waals surface area contributed by atoms with Gasteiger partial charge in [0.1, 0.15) is 0 Å². The Labute approximate surface area is 104 Å². The normalized spacial score (nSPS) is 19.3. The van der Waals surface area contributed by atoms with E-state index in [9.17, 15) is 0 Å². The van der Waals surface area contributed by atoms with Crippen LogP contribution in [-0.4, -0.2) is 19.6 Å². The van der Waals surface area contributed by atoms with Gasteiger partial charge >= 0.3 is 0 Å². The predicted molar refractivity (Wildman–Crippen MR) is 72.8 cm³/mol. The van der Waals surface area contributed by atoms with Crippen LogP contribution in [-0.2, 0) is 12.8 Å². The standard InChI is InChI=1S/C15H22N2/c1-2-11(10-16)14-8-12-4-3-6-17-7-5-13(9-14)15(12)17/h8-9,11H,2-7,10,16H2,1H3. The first kappa shape index (κ1) is 11.1. The highest BCUT2D eigenvalue weighted by Gasteiger charge is 2.26.